The van der Waals surface area contributed by atoms with Gasteiger partial charge in [0.05, 0.1) is 16.1 Å². The van der Waals surface area contributed by atoms with Crippen molar-refractivity contribution in [2.24, 2.45) is 0 Å². The number of para-hydroxylation sites is 1. The SMILES string of the molecule is CS(=O)(=O)c1ccc(-c2c(-c3ccc(F)cc3)n3c4c(cccc24)CC3)cc1. The van der Waals surface area contributed by atoms with Gasteiger partial charge in [-0.05, 0) is 59.5 Å². The van der Waals surface area contributed by atoms with Gasteiger partial charge in [0, 0.05) is 23.8 Å². The summed E-state index contributed by atoms with van der Waals surface area (Å²) in [5, 5.41) is 1.14. The van der Waals surface area contributed by atoms with E-state index in [0.717, 1.165) is 40.7 Å². The van der Waals surface area contributed by atoms with Crippen LogP contribution in [0, 0.1) is 5.82 Å². The van der Waals surface area contributed by atoms with Gasteiger partial charge in [-0.15, -0.1) is 0 Å². The molecule has 0 saturated carbocycles. The number of hydrogen-bond acceptors (Lipinski definition) is 2. The number of benzene rings is 3. The second-order valence-corrected chi connectivity index (χ2v) is 9.26. The Bertz CT molecular complexity index is 1320. The van der Waals surface area contributed by atoms with Crippen molar-refractivity contribution >= 4 is 20.7 Å². The quantitative estimate of drug-likeness (QED) is 0.489. The van der Waals surface area contributed by atoms with E-state index in [-0.39, 0.29) is 5.82 Å². The third-order valence-corrected chi connectivity index (χ3v) is 6.59. The van der Waals surface area contributed by atoms with Gasteiger partial charge in [0.1, 0.15) is 5.82 Å². The summed E-state index contributed by atoms with van der Waals surface area (Å²) in [7, 11) is -3.25. The molecule has 3 aromatic carbocycles. The number of nitrogens with zero attached hydrogens (tertiary/aromatic N) is 1. The fraction of sp³-hybridized carbons (Fsp3) is 0.130. The van der Waals surface area contributed by atoms with Gasteiger partial charge in [0.2, 0.25) is 0 Å². The van der Waals surface area contributed by atoms with Crippen molar-refractivity contribution in [1.29, 1.82) is 0 Å². The van der Waals surface area contributed by atoms with Crippen LogP contribution in [0.5, 0.6) is 0 Å². The molecule has 3 nitrogen and oxygen atoms in total. The van der Waals surface area contributed by atoms with Crippen LogP contribution >= 0.6 is 0 Å². The van der Waals surface area contributed by atoms with Gasteiger partial charge in [0.15, 0.2) is 9.84 Å². The molecule has 1 aliphatic rings. The van der Waals surface area contributed by atoms with Crippen LogP contribution in [-0.2, 0) is 22.8 Å². The van der Waals surface area contributed by atoms with Crippen molar-refractivity contribution in [2.45, 2.75) is 17.9 Å². The third kappa shape index (κ3) is 2.58. The zero-order chi connectivity index (χ0) is 19.5. The number of sulfone groups is 1. The molecule has 1 aromatic heterocycles. The molecule has 1 aliphatic heterocycles. The number of hydrogen-bond donors (Lipinski definition) is 0. The van der Waals surface area contributed by atoms with E-state index in [1.54, 1.807) is 24.3 Å². The molecule has 4 aromatic rings. The maximum Gasteiger partial charge on any atom is 0.175 e. The molecule has 2 heterocycles. The predicted molar refractivity (Wildman–Crippen MR) is 110 cm³/mol. The Kier molecular flexibility index (Phi) is 3.71. The van der Waals surface area contributed by atoms with E-state index in [9.17, 15) is 12.8 Å². The van der Waals surface area contributed by atoms with Crippen LogP contribution in [0.3, 0.4) is 0 Å². The van der Waals surface area contributed by atoms with E-state index in [4.69, 9.17) is 0 Å². The van der Waals surface area contributed by atoms with Crippen molar-refractivity contribution in [3.8, 4) is 22.4 Å². The van der Waals surface area contributed by atoms with E-state index >= 15 is 0 Å². The zero-order valence-corrected chi connectivity index (χ0v) is 16.1. The third-order valence-electron chi connectivity index (χ3n) is 5.46. The lowest BCUT2D eigenvalue weighted by Gasteiger charge is -2.11. The molecular formula is C23H18FNO2S. The highest BCUT2D eigenvalue weighted by Gasteiger charge is 2.25. The van der Waals surface area contributed by atoms with Gasteiger partial charge in [-0.25, -0.2) is 12.8 Å². The normalized spacial score (nSPS) is 13.4. The van der Waals surface area contributed by atoms with Gasteiger partial charge in [0.25, 0.3) is 0 Å². The second-order valence-electron chi connectivity index (χ2n) is 7.24. The number of aryl methyl sites for hydroxylation is 2. The van der Waals surface area contributed by atoms with Crippen LogP contribution in [0.4, 0.5) is 4.39 Å². The molecular weight excluding hydrogens is 373 g/mol. The van der Waals surface area contributed by atoms with Crippen molar-refractivity contribution in [2.75, 3.05) is 6.26 Å². The number of halogens is 1. The Morgan fingerprint density at radius 1 is 0.893 bits per heavy atom. The predicted octanol–water partition coefficient (Wildman–Crippen LogP) is 5.07. The Hall–Kier alpha value is -2.92. The lowest BCUT2D eigenvalue weighted by molar-refractivity contribution is 0.602. The summed E-state index contributed by atoms with van der Waals surface area (Å²) < 4.78 is 39.5. The average Bonchev–Trinajstić information content (AvgIpc) is 3.25. The smallest absolute Gasteiger partial charge is 0.175 e. The summed E-state index contributed by atoms with van der Waals surface area (Å²) in [5.41, 5.74) is 6.53. The maximum atomic E-state index is 13.5. The first-order valence-corrected chi connectivity index (χ1v) is 11.0. The van der Waals surface area contributed by atoms with Crippen LogP contribution in [0.15, 0.2) is 71.6 Å². The highest BCUT2D eigenvalue weighted by molar-refractivity contribution is 7.90. The van der Waals surface area contributed by atoms with Crippen LogP contribution < -0.4 is 0 Å². The van der Waals surface area contributed by atoms with Crippen LogP contribution in [0.25, 0.3) is 33.3 Å². The summed E-state index contributed by atoms with van der Waals surface area (Å²) in [5.74, 6) is -0.263. The first-order chi connectivity index (χ1) is 13.4. The number of aromatic nitrogens is 1. The zero-order valence-electron chi connectivity index (χ0n) is 15.3. The lowest BCUT2D eigenvalue weighted by Crippen LogP contribution is -1.98. The van der Waals surface area contributed by atoms with E-state index in [2.05, 4.69) is 22.8 Å². The molecule has 0 amide bonds. The van der Waals surface area contributed by atoms with Crippen molar-refractivity contribution < 1.29 is 12.8 Å². The van der Waals surface area contributed by atoms with Gasteiger partial charge < -0.3 is 4.57 Å². The molecule has 0 saturated heterocycles. The second kappa shape index (κ2) is 6.04. The van der Waals surface area contributed by atoms with Gasteiger partial charge in [-0.3, -0.25) is 0 Å². The first-order valence-electron chi connectivity index (χ1n) is 9.14. The molecule has 0 spiro atoms. The molecule has 0 fully saturated rings. The molecule has 0 atom stereocenters. The van der Waals surface area contributed by atoms with Crippen molar-refractivity contribution in [1.82, 2.24) is 4.57 Å². The fourth-order valence-corrected chi connectivity index (χ4v) is 4.84. The van der Waals surface area contributed by atoms with Crippen molar-refractivity contribution in [3.63, 3.8) is 0 Å². The van der Waals surface area contributed by atoms with E-state index in [0.29, 0.717) is 4.90 Å². The Balaban J connectivity index is 1.82. The summed E-state index contributed by atoms with van der Waals surface area (Å²) in [6, 6.07) is 19.9. The summed E-state index contributed by atoms with van der Waals surface area (Å²) in [4.78, 5) is 0.302. The van der Waals surface area contributed by atoms with Gasteiger partial charge in [-0.2, -0.15) is 0 Å². The summed E-state index contributed by atoms with van der Waals surface area (Å²) >= 11 is 0. The van der Waals surface area contributed by atoms with Crippen molar-refractivity contribution in [3.05, 3.63) is 78.1 Å². The van der Waals surface area contributed by atoms with Crippen LogP contribution in [0.1, 0.15) is 5.56 Å². The molecule has 5 rings (SSSR count). The standard InChI is InChI=1S/C23H18FNO2S/c1-28(26,27)19-11-7-15(8-12-19)21-20-4-2-3-16-13-14-25(22(16)20)23(21)17-5-9-18(24)10-6-17/h2-12H,13-14H2,1H3. The van der Waals surface area contributed by atoms with Crippen LogP contribution in [0.2, 0.25) is 0 Å². The Morgan fingerprint density at radius 2 is 1.57 bits per heavy atom. The minimum absolute atomic E-state index is 0.263. The van der Waals surface area contributed by atoms with E-state index in [1.807, 2.05) is 12.1 Å². The molecule has 0 N–H and O–H groups in total. The molecule has 0 bridgehead atoms. The maximum absolute atomic E-state index is 13.5. The molecule has 5 heteroatoms. The fourth-order valence-electron chi connectivity index (χ4n) is 4.21. The van der Waals surface area contributed by atoms with E-state index < -0.39 is 9.84 Å². The van der Waals surface area contributed by atoms with Gasteiger partial charge in [-0.1, -0.05) is 30.3 Å². The average molecular weight is 391 g/mol. The lowest BCUT2D eigenvalue weighted by atomic mass is 9.97. The molecule has 28 heavy (non-hydrogen) atoms. The largest absolute Gasteiger partial charge is 0.339 e. The molecule has 0 unspecified atom stereocenters. The highest BCUT2D eigenvalue weighted by atomic mass is 32.2. The minimum Gasteiger partial charge on any atom is -0.339 e. The Morgan fingerprint density at radius 3 is 2.25 bits per heavy atom. The summed E-state index contributed by atoms with van der Waals surface area (Å²) in [6.07, 6.45) is 2.19. The topological polar surface area (TPSA) is 39.1 Å². The monoisotopic (exact) mass is 391 g/mol. The van der Waals surface area contributed by atoms with Gasteiger partial charge >= 0.3 is 0 Å². The molecule has 0 radical (unpaired) electrons. The highest BCUT2D eigenvalue weighted by Crippen LogP contribution is 2.44. The van der Waals surface area contributed by atoms with E-state index in [1.165, 1.54) is 29.5 Å². The summed E-state index contributed by atoms with van der Waals surface area (Å²) in [6.45, 7) is 0.879. The van der Waals surface area contributed by atoms with Crippen LogP contribution in [-0.4, -0.2) is 19.2 Å². The minimum atomic E-state index is -3.25. The first kappa shape index (κ1) is 17.2. The molecule has 0 aliphatic carbocycles. The molecule has 140 valence electrons. The Labute approximate surface area is 163 Å². The number of rotatable bonds is 3.